The fraction of sp³-hybridized carbons (Fsp3) is 0.450. The molecule has 0 unspecified atom stereocenters. The maximum atomic E-state index is 11.0. The van der Waals surface area contributed by atoms with Gasteiger partial charge in [0.05, 0.1) is 24.5 Å². The molecule has 0 spiro atoms. The summed E-state index contributed by atoms with van der Waals surface area (Å²) >= 11 is 1.57. The van der Waals surface area contributed by atoms with E-state index in [1.807, 2.05) is 12.1 Å². The number of aromatic nitrogens is 2. The number of morpholine rings is 1. The van der Waals surface area contributed by atoms with Gasteiger partial charge in [0.25, 0.3) is 0 Å². The minimum Gasteiger partial charge on any atom is -0.478 e. The van der Waals surface area contributed by atoms with E-state index < -0.39 is 5.97 Å². The molecule has 144 valence electrons. The number of thioether (sulfide) groups is 1. The number of nitrogens with zero attached hydrogens (tertiary/aromatic N) is 3. The molecule has 0 saturated carbocycles. The van der Waals surface area contributed by atoms with Gasteiger partial charge < -0.3 is 14.7 Å². The van der Waals surface area contributed by atoms with Crippen molar-refractivity contribution in [3.05, 3.63) is 47.2 Å². The summed E-state index contributed by atoms with van der Waals surface area (Å²) in [6.45, 7) is 9.55. The van der Waals surface area contributed by atoms with Gasteiger partial charge in [0, 0.05) is 30.3 Å². The Kier molecular flexibility index (Phi) is 6.01. The van der Waals surface area contributed by atoms with E-state index in [2.05, 4.69) is 31.7 Å². The topological polar surface area (TPSA) is 75.5 Å². The molecule has 27 heavy (non-hydrogen) atoms. The normalized spacial score (nSPS) is 15.0. The average Bonchev–Trinajstić information content (AvgIpc) is 2.66. The van der Waals surface area contributed by atoms with Crippen LogP contribution in [0.1, 0.15) is 42.4 Å². The number of ether oxygens (including phenoxy) is 1. The first kappa shape index (κ1) is 19.6. The van der Waals surface area contributed by atoms with Gasteiger partial charge in [-0.2, -0.15) is 0 Å². The molecule has 2 aromatic rings. The molecule has 1 aliphatic heterocycles. The maximum Gasteiger partial charge on any atom is 0.335 e. The van der Waals surface area contributed by atoms with Crippen molar-refractivity contribution < 1.29 is 14.6 Å². The summed E-state index contributed by atoms with van der Waals surface area (Å²) in [5, 5.41) is 9.75. The van der Waals surface area contributed by atoms with E-state index in [1.54, 1.807) is 23.9 Å². The highest BCUT2D eigenvalue weighted by molar-refractivity contribution is 7.98. The van der Waals surface area contributed by atoms with Gasteiger partial charge in [0.1, 0.15) is 5.82 Å². The summed E-state index contributed by atoms with van der Waals surface area (Å²) in [5.74, 6) is 0.725. The molecule has 0 aliphatic carbocycles. The first-order valence-electron chi connectivity index (χ1n) is 9.00. The van der Waals surface area contributed by atoms with Gasteiger partial charge in [-0.3, -0.25) is 0 Å². The molecule has 3 rings (SSSR count). The smallest absolute Gasteiger partial charge is 0.335 e. The van der Waals surface area contributed by atoms with E-state index in [-0.39, 0.29) is 5.41 Å². The van der Waals surface area contributed by atoms with Crippen LogP contribution in [0, 0.1) is 0 Å². The number of anilines is 1. The van der Waals surface area contributed by atoms with E-state index in [1.165, 1.54) is 0 Å². The van der Waals surface area contributed by atoms with Crippen LogP contribution in [0.15, 0.2) is 35.5 Å². The van der Waals surface area contributed by atoms with Crippen molar-refractivity contribution in [2.75, 3.05) is 31.2 Å². The average molecular weight is 388 g/mol. The van der Waals surface area contributed by atoms with Crippen LogP contribution in [0.2, 0.25) is 0 Å². The summed E-state index contributed by atoms with van der Waals surface area (Å²) in [7, 11) is 0. The van der Waals surface area contributed by atoms with Crippen molar-refractivity contribution >= 4 is 23.5 Å². The first-order chi connectivity index (χ1) is 12.8. The summed E-state index contributed by atoms with van der Waals surface area (Å²) in [4.78, 5) is 22.7. The maximum absolute atomic E-state index is 11.0. The van der Waals surface area contributed by atoms with Crippen LogP contribution in [-0.2, 0) is 15.9 Å². The highest BCUT2D eigenvalue weighted by Gasteiger charge is 2.21. The van der Waals surface area contributed by atoms with Gasteiger partial charge in [-0.1, -0.05) is 44.7 Å². The Morgan fingerprint density at radius 3 is 2.44 bits per heavy atom. The van der Waals surface area contributed by atoms with Crippen molar-refractivity contribution in [1.29, 1.82) is 0 Å². The Labute approximate surface area is 164 Å². The van der Waals surface area contributed by atoms with Gasteiger partial charge in [-0.15, -0.1) is 0 Å². The summed E-state index contributed by atoms with van der Waals surface area (Å²) < 4.78 is 5.45. The molecule has 7 heteroatoms. The van der Waals surface area contributed by atoms with Crippen LogP contribution in [0.25, 0.3) is 0 Å². The molecule has 6 nitrogen and oxygen atoms in total. The second-order valence-corrected chi connectivity index (χ2v) is 8.48. The van der Waals surface area contributed by atoms with Crippen molar-refractivity contribution in [2.24, 2.45) is 0 Å². The van der Waals surface area contributed by atoms with Crippen molar-refractivity contribution in [2.45, 2.75) is 37.1 Å². The van der Waals surface area contributed by atoms with Crippen molar-refractivity contribution in [1.82, 2.24) is 9.97 Å². The molecule has 1 N–H and O–H groups in total. The van der Waals surface area contributed by atoms with Crippen LogP contribution in [0.4, 0.5) is 5.82 Å². The van der Waals surface area contributed by atoms with Crippen LogP contribution < -0.4 is 4.90 Å². The summed E-state index contributed by atoms with van der Waals surface area (Å²) in [6, 6.07) is 9.02. The Hall–Kier alpha value is -2.12. The molecule has 1 aromatic heterocycles. The van der Waals surface area contributed by atoms with Gasteiger partial charge in [0.15, 0.2) is 5.16 Å². The Morgan fingerprint density at radius 1 is 1.19 bits per heavy atom. The Balaban J connectivity index is 1.79. The van der Waals surface area contributed by atoms with Crippen LogP contribution in [0.5, 0.6) is 0 Å². The fourth-order valence-electron chi connectivity index (χ4n) is 2.71. The number of carbonyl (C=O) groups is 1. The third-order valence-electron chi connectivity index (χ3n) is 4.36. The highest BCUT2D eigenvalue weighted by Crippen LogP contribution is 2.28. The molecule has 2 heterocycles. The van der Waals surface area contributed by atoms with Crippen molar-refractivity contribution in [3.8, 4) is 0 Å². The number of carboxylic acid groups (broad SMARTS) is 1. The number of hydrogen-bond donors (Lipinski definition) is 1. The zero-order chi connectivity index (χ0) is 19.4. The lowest BCUT2D eigenvalue weighted by Crippen LogP contribution is -2.37. The predicted molar refractivity (Wildman–Crippen MR) is 107 cm³/mol. The molecule has 0 radical (unpaired) electrons. The van der Waals surface area contributed by atoms with E-state index in [0.717, 1.165) is 35.3 Å². The quantitative estimate of drug-likeness (QED) is 0.620. The highest BCUT2D eigenvalue weighted by atomic mass is 32.2. The molecule has 0 atom stereocenters. The third-order valence-corrected chi connectivity index (χ3v) is 5.28. The minimum atomic E-state index is -0.912. The molecule has 1 aliphatic rings. The molecule has 1 fully saturated rings. The zero-order valence-electron chi connectivity index (χ0n) is 15.9. The van der Waals surface area contributed by atoms with Gasteiger partial charge in [0.2, 0.25) is 0 Å². The lowest BCUT2D eigenvalue weighted by Gasteiger charge is -2.29. The van der Waals surface area contributed by atoms with Crippen LogP contribution in [0.3, 0.4) is 0 Å². The SMILES string of the molecule is CC(C)(C)c1cc(N2CCOCC2)nc(SCc2ccc(C(=O)O)cc2)n1. The molecular formula is C20H25N3O3S. The largest absolute Gasteiger partial charge is 0.478 e. The minimum absolute atomic E-state index is 0.0670. The molecular weight excluding hydrogens is 362 g/mol. The summed E-state index contributed by atoms with van der Waals surface area (Å²) in [6.07, 6.45) is 0. The number of aromatic carboxylic acids is 1. The number of carboxylic acids is 1. The van der Waals surface area contributed by atoms with Gasteiger partial charge in [-0.25, -0.2) is 14.8 Å². The zero-order valence-corrected chi connectivity index (χ0v) is 16.8. The third kappa shape index (κ3) is 5.20. The van der Waals surface area contributed by atoms with Gasteiger partial charge >= 0.3 is 5.97 Å². The van der Waals surface area contributed by atoms with E-state index >= 15 is 0 Å². The van der Waals surface area contributed by atoms with Crippen LogP contribution in [-0.4, -0.2) is 47.3 Å². The van der Waals surface area contributed by atoms with Crippen molar-refractivity contribution in [3.63, 3.8) is 0 Å². The Morgan fingerprint density at radius 2 is 1.85 bits per heavy atom. The molecule has 1 aromatic carbocycles. The standard InChI is InChI=1S/C20H25N3O3S/c1-20(2,3)16-12-17(23-8-10-26-11-9-23)22-19(21-16)27-13-14-4-6-15(7-5-14)18(24)25/h4-7,12H,8-11,13H2,1-3H3,(H,24,25). The fourth-order valence-corrected chi connectivity index (χ4v) is 3.52. The lowest BCUT2D eigenvalue weighted by atomic mass is 9.92. The van der Waals surface area contributed by atoms with E-state index in [9.17, 15) is 4.79 Å². The Bertz CT molecular complexity index is 797. The molecule has 1 saturated heterocycles. The summed E-state index contributed by atoms with van der Waals surface area (Å²) in [5.41, 5.74) is 2.29. The lowest BCUT2D eigenvalue weighted by molar-refractivity contribution is 0.0697. The van der Waals surface area contributed by atoms with Gasteiger partial charge in [-0.05, 0) is 17.7 Å². The molecule has 0 amide bonds. The predicted octanol–water partition coefficient (Wildman–Crippen LogP) is 3.60. The van der Waals surface area contributed by atoms with E-state index in [4.69, 9.17) is 19.8 Å². The molecule has 0 bridgehead atoms. The van der Waals surface area contributed by atoms with E-state index in [0.29, 0.717) is 24.5 Å². The monoisotopic (exact) mass is 387 g/mol. The number of benzene rings is 1. The second kappa shape index (κ2) is 8.27. The number of rotatable bonds is 5. The second-order valence-electron chi connectivity index (χ2n) is 7.53. The number of hydrogen-bond acceptors (Lipinski definition) is 6. The first-order valence-corrected chi connectivity index (χ1v) is 9.99. The van der Waals surface area contributed by atoms with Crippen LogP contribution >= 0.6 is 11.8 Å².